The molecule has 1 saturated carbocycles. The van der Waals surface area contributed by atoms with Gasteiger partial charge in [0.15, 0.2) is 0 Å². The second kappa shape index (κ2) is 1.85. The summed E-state index contributed by atoms with van der Waals surface area (Å²) in [5.74, 6) is 1.57. The van der Waals surface area contributed by atoms with Gasteiger partial charge in [-0.1, -0.05) is 19.1 Å². The second-order valence-corrected chi connectivity index (χ2v) is 3.91. The van der Waals surface area contributed by atoms with E-state index < -0.39 is 0 Å². The average molecular weight is 137 g/mol. The summed E-state index contributed by atoms with van der Waals surface area (Å²) in [6, 6.07) is 0. The van der Waals surface area contributed by atoms with Crippen LogP contribution >= 0.6 is 0 Å². The van der Waals surface area contributed by atoms with Gasteiger partial charge in [0.25, 0.3) is 0 Å². The van der Waals surface area contributed by atoms with E-state index in [1.165, 1.54) is 12.8 Å². The maximum absolute atomic E-state index is 5.70. The molecule has 0 spiro atoms. The Morgan fingerprint density at radius 1 is 1.70 bits per heavy atom. The van der Waals surface area contributed by atoms with Gasteiger partial charge < -0.3 is 5.73 Å². The molecule has 2 aliphatic rings. The Labute approximate surface area is 62.3 Å². The molecule has 0 saturated heterocycles. The lowest BCUT2D eigenvalue weighted by atomic mass is 9.82. The van der Waals surface area contributed by atoms with E-state index in [1.807, 2.05) is 0 Å². The van der Waals surface area contributed by atoms with Crippen molar-refractivity contribution >= 4 is 0 Å². The van der Waals surface area contributed by atoms with Crippen molar-refractivity contribution < 1.29 is 0 Å². The third-order valence-electron chi connectivity index (χ3n) is 3.36. The van der Waals surface area contributed by atoms with E-state index in [-0.39, 0.29) is 0 Å². The standard InChI is InChI=1S/C9H15N/c1-9-4-2-7(3-5-9)8(9)6-10/h2,4,7-8H,3,5-6,10H2,1H3. The average Bonchev–Trinajstić information content (AvgIpc) is 2.39. The van der Waals surface area contributed by atoms with Gasteiger partial charge in [-0.05, 0) is 36.6 Å². The van der Waals surface area contributed by atoms with Gasteiger partial charge in [0, 0.05) is 0 Å². The Balaban J connectivity index is 2.27. The van der Waals surface area contributed by atoms with Crippen LogP contribution < -0.4 is 5.73 Å². The zero-order valence-electron chi connectivity index (χ0n) is 6.51. The lowest BCUT2D eigenvalue weighted by Gasteiger charge is -2.24. The van der Waals surface area contributed by atoms with E-state index >= 15 is 0 Å². The summed E-state index contributed by atoms with van der Waals surface area (Å²) in [7, 11) is 0. The zero-order valence-corrected chi connectivity index (χ0v) is 6.51. The maximum Gasteiger partial charge on any atom is -0.00350 e. The van der Waals surface area contributed by atoms with Crippen LogP contribution in [0.15, 0.2) is 12.2 Å². The fourth-order valence-corrected chi connectivity index (χ4v) is 2.58. The van der Waals surface area contributed by atoms with Gasteiger partial charge in [-0.15, -0.1) is 0 Å². The Hall–Kier alpha value is -0.300. The number of hydrogen-bond donors (Lipinski definition) is 1. The summed E-state index contributed by atoms with van der Waals surface area (Å²) in [4.78, 5) is 0. The minimum absolute atomic E-state index is 0.472. The van der Waals surface area contributed by atoms with Crippen LogP contribution in [0.3, 0.4) is 0 Å². The van der Waals surface area contributed by atoms with Gasteiger partial charge in [-0.2, -0.15) is 0 Å². The van der Waals surface area contributed by atoms with Crippen molar-refractivity contribution in [2.75, 3.05) is 6.54 Å². The molecule has 0 aromatic rings. The van der Waals surface area contributed by atoms with Crippen molar-refractivity contribution in [3.05, 3.63) is 12.2 Å². The van der Waals surface area contributed by atoms with Gasteiger partial charge in [-0.25, -0.2) is 0 Å². The van der Waals surface area contributed by atoms with Crippen LogP contribution in [0.1, 0.15) is 19.8 Å². The van der Waals surface area contributed by atoms with Crippen molar-refractivity contribution in [1.82, 2.24) is 0 Å². The van der Waals surface area contributed by atoms with E-state index in [0.29, 0.717) is 5.41 Å². The molecule has 10 heavy (non-hydrogen) atoms. The molecular weight excluding hydrogens is 122 g/mol. The second-order valence-electron chi connectivity index (χ2n) is 3.91. The molecule has 0 aliphatic heterocycles. The summed E-state index contributed by atoms with van der Waals surface area (Å²) in [6.45, 7) is 3.21. The highest BCUT2D eigenvalue weighted by molar-refractivity contribution is 5.18. The lowest BCUT2D eigenvalue weighted by Crippen LogP contribution is -2.26. The van der Waals surface area contributed by atoms with Crippen LogP contribution in [0.25, 0.3) is 0 Å². The molecule has 2 rings (SSSR count). The number of fused-ring (bicyclic) bond motifs is 2. The van der Waals surface area contributed by atoms with Gasteiger partial charge in [0.2, 0.25) is 0 Å². The van der Waals surface area contributed by atoms with Crippen molar-refractivity contribution in [3.63, 3.8) is 0 Å². The molecule has 3 unspecified atom stereocenters. The van der Waals surface area contributed by atoms with Gasteiger partial charge in [0.05, 0.1) is 0 Å². The smallest absolute Gasteiger partial charge is 0.00350 e. The summed E-state index contributed by atoms with van der Waals surface area (Å²) >= 11 is 0. The first-order valence-electron chi connectivity index (χ1n) is 4.16. The lowest BCUT2D eigenvalue weighted by molar-refractivity contribution is 0.312. The Kier molecular flexibility index (Phi) is 1.19. The number of rotatable bonds is 1. The molecule has 1 nitrogen and oxygen atoms in total. The van der Waals surface area contributed by atoms with Crippen LogP contribution in [0, 0.1) is 17.3 Å². The first kappa shape index (κ1) is 6.41. The van der Waals surface area contributed by atoms with Crippen LogP contribution in [-0.4, -0.2) is 6.54 Å². The van der Waals surface area contributed by atoms with Crippen LogP contribution in [0.2, 0.25) is 0 Å². The molecule has 2 N–H and O–H groups in total. The van der Waals surface area contributed by atoms with Gasteiger partial charge in [-0.3, -0.25) is 0 Å². The summed E-state index contributed by atoms with van der Waals surface area (Å²) in [5, 5.41) is 0. The molecular formula is C9H15N. The van der Waals surface area contributed by atoms with E-state index in [2.05, 4.69) is 19.1 Å². The topological polar surface area (TPSA) is 26.0 Å². The highest BCUT2D eigenvalue weighted by Crippen LogP contribution is 2.52. The molecule has 1 heteroatoms. The van der Waals surface area contributed by atoms with Crippen molar-refractivity contribution in [3.8, 4) is 0 Å². The maximum atomic E-state index is 5.70. The predicted molar refractivity (Wildman–Crippen MR) is 42.5 cm³/mol. The Morgan fingerprint density at radius 3 is 2.70 bits per heavy atom. The molecule has 1 fully saturated rings. The van der Waals surface area contributed by atoms with Crippen molar-refractivity contribution in [2.24, 2.45) is 23.0 Å². The molecule has 0 aromatic heterocycles. The first-order chi connectivity index (χ1) is 4.76. The minimum Gasteiger partial charge on any atom is -0.330 e. The highest BCUT2D eigenvalue weighted by atomic mass is 14.6. The van der Waals surface area contributed by atoms with Crippen molar-refractivity contribution in [2.45, 2.75) is 19.8 Å². The van der Waals surface area contributed by atoms with E-state index in [0.717, 1.165) is 18.4 Å². The third kappa shape index (κ3) is 0.615. The Morgan fingerprint density at radius 2 is 2.50 bits per heavy atom. The molecule has 3 atom stereocenters. The minimum atomic E-state index is 0.472. The van der Waals surface area contributed by atoms with Crippen LogP contribution in [-0.2, 0) is 0 Å². The first-order valence-corrected chi connectivity index (χ1v) is 4.16. The predicted octanol–water partition coefficient (Wildman–Crippen LogP) is 1.55. The van der Waals surface area contributed by atoms with Crippen molar-refractivity contribution in [1.29, 1.82) is 0 Å². The van der Waals surface area contributed by atoms with E-state index in [4.69, 9.17) is 5.73 Å². The van der Waals surface area contributed by atoms with Crippen LogP contribution in [0.5, 0.6) is 0 Å². The fourth-order valence-electron chi connectivity index (χ4n) is 2.58. The summed E-state index contributed by atoms with van der Waals surface area (Å²) in [5.41, 5.74) is 6.17. The van der Waals surface area contributed by atoms with E-state index in [1.54, 1.807) is 0 Å². The largest absolute Gasteiger partial charge is 0.330 e. The molecule has 2 bridgehead atoms. The van der Waals surface area contributed by atoms with Crippen LogP contribution in [0.4, 0.5) is 0 Å². The molecule has 0 heterocycles. The highest BCUT2D eigenvalue weighted by Gasteiger charge is 2.45. The van der Waals surface area contributed by atoms with Gasteiger partial charge >= 0.3 is 0 Å². The Bertz CT molecular complexity index is 174. The molecule has 0 radical (unpaired) electrons. The zero-order chi connectivity index (χ0) is 7.19. The third-order valence-corrected chi connectivity index (χ3v) is 3.36. The summed E-state index contributed by atoms with van der Waals surface area (Å²) in [6.07, 6.45) is 7.46. The molecule has 0 aromatic carbocycles. The normalized spacial score (nSPS) is 50.6. The quantitative estimate of drug-likeness (QED) is 0.545. The molecule has 56 valence electrons. The van der Waals surface area contributed by atoms with Gasteiger partial charge in [0.1, 0.15) is 0 Å². The number of nitrogens with two attached hydrogens (primary N) is 1. The monoisotopic (exact) mass is 137 g/mol. The number of allylic oxidation sites excluding steroid dienone is 2. The number of hydrogen-bond acceptors (Lipinski definition) is 1. The summed E-state index contributed by atoms with van der Waals surface area (Å²) < 4.78 is 0. The molecule has 0 amide bonds. The SMILES string of the molecule is CC12C=CC(CC1)C2CN. The molecule has 2 aliphatic carbocycles. The van der Waals surface area contributed by atoms with E-state index in [9.17, 15) is 0 Å². The fraction of sp³-hybridized carbons (Fsp3) is 0.778.